The van der Waals surface area contributed by atoms with Gasteiger partial charge in [0.2, 0.25) is 5.91 Å². The number of hydrogen-bond donors (Lipinski definition) is 1. The molecule has 1 fully saturated rings. The Morgan fingerprint density at radius 2 is 1.93 bits per heavy atom. The van der Waals surface area contributed by atoms with Crippen LogP contribution in [0, 0.1) is 5.92 Å². The Hall–Kier alpha value is -2.77. The molecule has 0 saturated carbocycles. The summed E-state index contributed by atoms with van der Waals surface area (Å²) in [5.74, 6) is 0.123. The van der Waals surface area contributed by atoms with E-state index >= 15 is 0 Å². The van der Waals surface area contributed by atoms with Gasteiger partial charge in [0.1, 0.15) is 6.26 Å². The highest BCUT2D eigenvalue weighted by atomic mass is 19.4. The van der Waals surface area contributed by atoms with Crippen LogP contribution in [0.2, 0.25) is 0 Å². The number of furan rings is 1. The van der Waals surface area contributed by atoms with Crippen LogP contribution in [0.15, 0.2) is 47.3 Å². The molecule has 0 bridgehead atoms. The summed E-state index contributed by atoms with van der Waals surface area (Å²) in [6.07, 6.45) is 1.17. The third-order valence-electron chi connectivity index (χ3n) is 5.19. The predicted molar refractivity (Wildman–Crippen MR) is 99.9 cm³/mol. The van der Waals surface area contributed by atoms with Gasteiger partial charge in [-0.2, -0.15) is 13.2 Å². The number of hydrogen-bond acceptors (Lipinski definition) is 3. The highest BCUT2D eigenvalue weighted by molar-refractivity contribution is 5.93. The van der Waals surface area contributed by atoms with Crippen molar-refractivity contribution in [3.05, 3.63) is 59.5 Å². The number of carbonyl (C=O) groups is 2. The lowest BCUT2D eigenvalue weighted by Crippen LogP contribution is -2.38. The predicted octanol–water partition coefficient (Wildman–Crippen LogP) is 4.25. The number of benzene rings is 1. The lowest BCUT2D eigenvalue weighted by molar-refractivity contribution is -0.137. The fraction of sp³-hybridized carbons (Fsp3) is 0.429. The van der Waals surface area contributed by atoms with Gasteiger partial charge in [0, 0.05) is 26.1 Å². The summed E-state index contributed by atoms with van der Waals surface area (Å²) in [7, 11) is 0. The maximum atomic E-state index is 12.7. The first kappa shape index (κ1) is 21.0. The van der Waals surface area contributed by atoms with Crippen molar-refractivity contribution in [3.8, 4) is 0 Å². The Balaban J connectivity index is 1.38. The highest BCUT2D eigenvalue weighted by Gasteiger charge is 2.30. The topological polar surface area (TPSA) is 62.6 Å². The van der Waals surface area contributed by atoms with Crippen molar-refractivity contribution in [2.75, 3.05) is 13.1 Å². The second-order valence-electron chi connectivity index (χ2n) is 7.26. The quantitative estimate of drug-likeness (QED) is 0.777. The molecule has 3 rings (SSSR count). The van der Waals surface area contributed by atoms with Crippen LogP contribution in [0.5, 0.6) is 0 Å². The van der Waals surface area contributed by atoms with Gasteiger partial charge in [0.25, 0.3) is 5.91 Å². The third-order valence-corrected chi connectivity index (χ3v) is 5.19. The van der Waals surface area contributed by atoms with Crippen molar-refractivity contribution >= 4 is 11.8 Å². The lowest BCUT2D eigenvalue weighted by atomic mass is 9.92. The van der Waals surface area contributed by atoms with Crippen molar-refractivity contribution in [1.29, 1.82) is 0 Å². The molecule has 1 saturated heterocycles. The van der Waals surface area contributed by atoms with Gasteiger partial charge in [-0.05, 0) is 48.9 Å². The third kappa shape index (κ3) is 5.85. The summed E-state index contributed by atoms with van der Waals surface area (Å²) in [6.45, 7) is 1.35. The number of likely N-dealkylation sites (tertiary alicyclic amines) is 1. The fourth-order valence-electron chi connectivity index (χ4n) is 3.48. The van der Waals surface area contributed by atoms with E-state index in [4.69, 9.17) is 4.42 Å². The molecular formula is C21H23F3N2O3. The van der Waals surface area contributed by atoms with Crippen LogP contribution in [-0.2, 0) is 17.5 Å². The SMILES string of the molecule is O=C(CCC1CCN(C(=O)c2ccoc2)CC1)NCc1cccc(C(F)(F)F)c1. The Bertz CT molecular complexity index is 826. The van der Waals surface area contributed by atoms with E-state index < -0.39 is 11.7 Å². The molecular weight excluding hydrogens is 385 g/mol. The zero-order valence-electron chi connectivity index (χ0n) is 15.9. The van der Waals surface area contributed by atoms with E-state index in [1.807, 2.05) is 0 Å². The molecule has 156 valence electrons. The Labute approximate surface area is 166 Å². The summed E-state index contributed by atoms with van der Waals surface area (Å²) in [4.78, 5) is 26.1. The molecule has 8 heteroatoms. The molecule has 1 aliphatic heterocycles. The second-order valence-corrected chi connectivity index (χ2v) is 7.26. The van der Waals surface area contributed by atoms with Crippen LogP contribution < -0.4 is 5.32 Å². The largest absolute Gasteiger partial charge is 0.472 e. The minimum absolute atomic E-state index is 0.0453. The van der Waals surface area contributed by atoms with Crippen LogP contribution in [0.25, 0.3) is 0 Å². The first-order valence-corrected chi connectivity index (χ1v) is 9.57. The maximum absolute atomic E-state index is 12.7. The van der Waals surface area contributed by atoms with Gasteiger partial charge in [-0.25, -0.2) is 0 Å². The molecule has 2 amide bonds. The molecule has 0 atom stereocenters. The summed E-state index contributed by atoms with van der Waals surface area (Å²) in [5.41, 5.74) is 0.234. The smallest absolute Gasteiger partial charge is 0.416 e. The van der Waals surface area contributed by atoms with Crippen LogP contribution in [-0.4, -0.2) is 29.8 Å². The van der Waals surface area contributed by atoms with E-state index in [-0.39, 0.29) is 18.4 Å². The van der Waals surface area contributed by atoms with Crippen molar-refractivity contribution < 1.29 is 27.2 Å². The van der Waals surface area contributed by atoms with Crippen LogP contribution in [0.4, 0.5) is 13.2 Å². The average Bonchev–Trinajstić information content (AvgIpc) is 3.25. The zero-order chi connectivity index (χ0) is 20.9. The Morgan fingerprint density at radius 3 is 2.59 bits per heavy atom. The molecule has 0 spiro atoms. The number of piperidine rings is 1. The number of rotatable bonds is 6. The van der Waals surface area contributed by atoms with Crippen LogP contribution in [0.3, 0.4) is 0 Å². The summed E-state index contributed by atoms with van der Waals surface area (Å²) >= 11 is 0. The molecule has 1 aromatic heterocycles. The van der Waals surface area contributed by atoms with E-state index in [9.17, 15) is 22.8 Å². The highest BCUT2D eigenvalue weighted by Crippen LogP contribution is 2.29. The van der Waals surface area contributed by atoms with Gasteiger partial charge >= 0.3 is 6.18 Å². The van der Waals surface area contributed by atoms with Crippen molar-refractivity contribution in [3.63, 3.8) is 0 Å². The van der Waals surface area contributed by atoms with E-state index in [1.165, 1.54) is 18.6 Å². The molecule has 5 nitrogen and oxygen atoms in total. The number of halogens is 3. The lowest BCUT2D eigenvalue weighted by Gasteiger charge is -2.31. The van der Waals surface area contributed by atoms with Crippen molar-refractivity contribution in [1.82, 2.24) is 10.2 Å². The minimum atomic E-state index is -4.39. The molecule has 1 N–H and O–H groups in total. The molecule has 0 unspecified atom stereocenters. The zero-order valence-corrected chi connectivity index (χ0v) is 15.9. The van der Waals surface area contributed by atoms with Crippen LogP contribution >= 0.6 is 0 Å². The molecule has 2 aromatic rings. The van der Waals surface area contributed by atoms with Crippen molar-refractivity contribution in [2.45, 2.75) is 38.4 Å². The van der Waals surface area contributed by atoms with Gasteiger partial charge in [-0.1, -0.05) is 12.1 Å². The normalized spacial score (nSPS) is 15.3. The standard InChI is InChI=1S/C21H23F3N2O3/c22-21(23,24)18-3-1-2-16(12-18)13-25-19(27)5-4-15-6-9-26(10-7-15)20(28)17-8-11-29-14-17/h1-3,8,11-12,14-15H,4-7,9-10,13H2,(H,25,27). The fourth-order valence-corrected chi connectivity index (χ4v) is 3.48. The summed E-state index contributed by atoms with van der Waals surface area (Å²) < 4.78 is 43.1. The van der Waals surface area contributed by atoms with E-state index in [0.29, 0.717) is 43.0 Å². The summed E-state index contributed by atoms with van der Waals surface area (Å²) in [6, 6.07) is 6.59. The van der Waals surface area contributed by atoms with E-state index in [0.717, 1.165) is 25.0 Å². The van der Waals surface area contributed by atoms with E-state index in [2.05, 4.69) is 5.32 Å². The van der Waals surface area contributed by atoms with Gasteiger partial charge in [0.05, 0.1) is 17.4 Å². The Kier molecular flexibility index (Phi) is 6.61. The number of nitrogens with one attached hydrogen (secondary N) is 1. The molecule has 29 heavy (non-hydrogen) atoms. The number of amides is 2. The van der Waals surface area contributed by atoms with Gasteiger partial charge in [-0.3, -0.25) is 9.59 Å². The summed E-state index contributed by atoms with van der Waals surface area (Å²) in [5, 5.41) is 2.68. The van der Waals surface area contributed by atoms with Crippen LogP contribution in [0.1, 0.15) is 47.2 Å². The average molecular weight is 408 g/mol. The molecule has 2 heterocycles. The second kappa shape index (κ2) is 9.15. The molecule has 0 radical (unpaired) electrons. The molecule has 1 aromatic carbocycles. The number of carbonyl (C=O) groups excluding carboxylic acids is 2. The van der Waals surface area contributed by atoms with Crippen molar-refractivity contribution in [2.24, 2.45) is 5.92 Å². The minimum Gasteiger partial charge on any atom is -0.472 e. The molecule has 0 aliphatic carbocycles. The van der Waals surface area contributed by atoms with Gasteiger partial charge < -0.3 is 14.6 Å². The molecule has 1 aliphatic rings. The van der Waals surface area contributed by atoms with Gasteiger partial charge in [0.15, 0.2) is 0 Å². The Morgan fingerprint density at radius 1 is 1.17 bits per heavy atom. The van der Waals surface area contributed by atoms with E-state index in [1.54, 1.807) is 17.0 Å². The maximum Gasteiger partial charge on any atom is 0.416 e. The monoisotopic (exact) mass is 408 g/mol. The van der Waals surface area contributed by atoms with Gasteiger partial charge in [-0.15, -0.1) is 0 Å². The first-order chi connectivity index (χ1) is 13.8. The number of nitrogens with zero attached hydrogens (tertiary/aromatic N) is 1. The number of alkyl halides is 3. The first-order valence-electron chi connectivity index (χ1n) is 9.57.